The van der Waals surface area contributed by atoms with Crippen LogP contribution in [0, 0.1) is 20.8 Å². The average Bonchev–Trinajstić information content (AvgIpc) is 2.35. The van der Waals surface area contributed by atoms with Gasteiger partial charge in [-0.15, -0.1) is 0 Å². The van der Waals surface area contributed by atoms with E-state index in [1.54, 1.807) is 7.11 Å². The second kappa shape index (κ2) is 5.79. The molecule has 0 saturated heterocycles. The van der Waals surface area contributed by atoms with Crippen molar-refractivity contribution < 1.29 is 9.47 Å². The molecular weight excluding hydrogens is 236 g/mol. The first kappa shape index (κ1) is 13.5. The van der Waals surface area contributed by atoms with Crippen LogP contribution in [0.15, 0.2) is 36.4 Å². The quantitative estimate of drug-likeness (QED) is 0.816. The van der Waals surface area contributed by atoms with E-state index in [1.807, 2.05) is 12.1 Å². The third-order valence-electron chi connectivity index (χ3n) is 3.03. The Morgan fingerprint density at radius 2 is 1.53 bits per heavy atom. The zero-order chi connectivity index (χ0) is 13.8. The number of hydrogen-bond acceptors (Lipinski definition) is 2. The molecule has 0 aliphatic carbocycles. The highest BCUT2D eigenvalue weighted by Gasteiger charge is 2.05. The van der Waals surface area contributed by atoms with Gasteiger partial charge < -0.3 is 9.47 Å². The fourth-order valence-electron chi connectivity index (χ4n) is 2.20. The van der Waals surface area contributed by atoms with Crippen LogP contribution in [-0.4, -0.2) is 7.11 Å². The van der Waals surface area contributed by atoms with Crippen LogP contribution < -0.4 is 9.47 Å². The molecule has 2 rings (SSSR count). The van der Waals surface area contributed by atoms with E-state index in [4.69, 9.17) is 9.47 Å². The van der Waals surface area contributed by atoms with E-state index in [2.05, 4.69) is 45.0 Å². The third kappa shape index (κ3) is 3.50. The second-order valence-corrected chi connectivity index (χ2v) is 4.93. The summed E-state index contributed by atoms with van der Waals surface area (Å²) in [5.74, 6) is 1.77. The molecule has 0 amide bonds. The Morgan fingerprint density at radius 3 is 2.16 bits per heavy atom. The van der Waals surface area contributed by atoms with Gasteiger partial charge in [0.2, 0.25) is 0 Å². The van der Waals surface area contributed by atoms with Crippen LogP contribution in [0.4, 0.5) is 0 Å². The lowest BCUT2D eigenvalue weighted by Crippen LogP contribution is -1.99. The molecule has 0 fully saturated rings. The number of methoxy groups -OCH3 is 1. The molecule has 0 spiro atoms. The Kier molecular flexibility index (Phi) is 4.10. The number of hydrogen-bond donors (Lipinski definition) is 0. The van der Waals surface area contributed by atoms with Gasteiger partial charge in [-0.2, -0.15) is 0 Å². The summed E-state index contributed by atoms with van der Waals surface area (Å²) < 4.78 is 11.2. The normalized spacial score (nSPS) is 10.3. The standard InChI is InChI=1S/C17H20O2/c1-12-5-6-17(18-4)15(8-12)11-19-16-9-13(2)7-14(3)10-16/h5-10H,11H2,1-4H3. The monoisotopic (exact) mass is 256 g/mol. The van der Waals surface area contributed by atoms with Crippen molar-refractivity contribution in [3.8, 4) is 11.5 Å². The van der Waals surface area contributed by atoms with Crippen molar-refractivity contribution >= 4 is 0 Å². The summed E-state index contributed by atoms with van der Waals surface area (Å²) in [6, 6.07) is 12.4. The van der Waals surface area contributed by atoms with Crippen LogP contribution in [0.5, 0.6) is 11.5 Å². The van der Waals surface area contributed by atoms with E-state index in [9.17, 15) is 0 Å². The molecule has 0 atom stereocenters. The zero-order valence-electron chi connectivity index (χ0n) is 12.0. The highest BCUT2D eigenvalue weighted by Crippen LogP contribution is 2.23. The van der Waals surface area contributed by atoms with Crippen LogP contribution in [0.1, 0.15) is 22.3 Å². The molecule has 2 aromatic carbocycles. The summed E-state index contributed by atoms with van der Waals surface area (Å²) in [5.41, 5.74) is 4.71. The maximum absolute atomic E-state index is 5.87. The van der Waals surface area contributed by atoms with Crippen molar-refractivity contribution in [3.63, 3.8) is 0 Å². The Bertz CT molecular complexity index is 553. The summed E-state index contributed by atoms with van der Waals surface area (Å²) in [4.78, 5) is 0. The number of aryl methyl sites for hydroxylation is 3. The van der Waals surface area contributed by atoms with Crippen molar-refractivity contribution in [2.45, 2.75) is 27.4 Å². The second-order valence-electron chi connectivity index (χ2n) is 4.93. The van der Waals surface area contributed by atoms with Gasteiger partial charge in [-0.3, -0.25) is 0 Å². The van der Waals surface area contributed by atoms with Crippen LogP contribution in [0.3, 0.4) is 0 Å². The van der Waals surface area contributed by atoms with Gasteiger partial charge in [-0.05, 0) is 56.2 Å². The van der Waals surface area contributed by atoms with E-state index < -0.39 is 0 Å². The minimum absolute atomic E-state index is 0.522. The molecule has 0 saturated carbocycles. The fourth-order valence-corrected chi connectivity index (χ4v) is 2.20. The SMILES string of the molecule is COc1ccc(C)cc1COc1cc(C)cc(C)c1. The Hall–Kier alpha value is -1.96. The molecule has 100 valence electrons. The average molecular weight is 256 g/mol. The molecule has 0 N–H and O–H groups in total. The van der Waals surface area contributed by atoms with E-state index in [-0.39, 0.29) is 0 Å². The van der Waals surface area contributed by atoms with Crippen LogP contribution in [0.2, 0.25) is 0 Å². The minimum atomic E-state index is 0.522. The number of ether oxygens (including phenoxy) is 2. The molecule has 0 aliphatic rings. The van der Waals surface area contributed by atoms with Gasteiger partial charge in [0.05, 0.1) is 7.11 Å². The van der Waals surface area contributed by atoms with Gasteiger partial charge in [-0.25, -0.2) is 0 Å². The Labute approximate surface area is 115 Å². The lowest BCUT2D eigenvalue weighted by atomic mass is 10.1. The van der Waals surface area contributed by atoms with Gasteiger partial charge >= 0.3 is 0 Å². The molecule has 0 radical (unpaired) electrons. The minimum Gasteiger partial charge on any atom is -0.496 e. The molecule has 0 heterocycles. The number of rotatable bonds is 4. The van der Waals surface area contributed by atoms with E-state index in [0.717, 1.165) is 17.1 Å². The Morgan fingerprint density at radius 1 is 0.842 bits per heavy atom. The number of benzene rings is 2. The molecule has 19 heavy (non-hydrogen) atoms. The molecular formula is C17H20O2. The van der Waals surface area contributed by atoms with Crippen molar-refractivity contribution in [2.24, 2.45) is 0 Å². The largest absolute Gasteiger partial charge is 0.496 e. The predicted octanol–water partition coefficient (Wildman–Crippen LogP) is 4.20. The van der Waals surface area contributed by atoms with Crippen molar-refractivity contribution in [2.75, 3.05) is 7.11 Å². The molecule has 0 aliphatic heterocycles. The van der Waals surface area contributed by atoms with Gasteiger partial charge in [0.25, 0.3) is 0 Å². The summed E-state index contributed by atoms with van der Waals surface area (Å²) in [6.45, 7) is 6.74. The first-order valence-corrected chi connectivity index (χ1v) is 6.43. The van der Waals surface area contributed by atoms with Crippen molar-refractivity contribution in [1.82, 2.24) is 0 Å². The highest BCUT2D eigenvalue weighted by atomic mass is 16.5. The lowest BCUT2D eigenvalue weighted by Gasteiger charge is -2.12. The highest BCUT2D eigenvalue weighted by molar-refractivity contribution is 5.38. The smallest absolute Gasteiger partial charge is 0.125 e. The van der Waals surface area contributed by atoms with Gasteiger partial charge in [0.15, 0.2) is 0 Å². The van der Waals surface area contributed by atoms with E-state index >= 15 is 0 Å². The van der Waals surface area contributed by atoms with Crippen LogP contribution in [-0.2, 0) is 6.61 Å². The molecule has 0 bridgehead atoms. The topological polar surface area (TPSA) is 18.5 Å². The van der Waals surface area contributed by atoms with Gasteiger partial charge in [0, 0.05) is 5.56 Å². The van der Waals surface area contributed by atoms with Gasteiger partial charge in [0.1, 0.15) is 18.1 Å². The van der Waals surface area contributed by atoms with Crippen molar-refractivity contribution in [1.29, 1.82) is 0 Å². The summed E-state index contributed by atoms with van der Waals surface area (Å²) >= 11 is 0. The summed E-state index contributed by atoms with van der Waals surface area (Å²) in [6.07, 6.45) is 0. The first-order valence-electron chi connectivity index (χ1n) is 6.43. The Balaban J connectivity index is 2.16. The maximum atomic E-state index is 5.87. The van der Waals surface area contributed by atoms with Crippen molar-refractivity contribution in [3.05, 3.63) is 58.7 Å². The predicted molar refractivity (Wildman–Crippen MR) is 78.0 cm³/mol. The summed E-state index contributed by atoms with van der Waals surface area (Å²) in [7, 11) is 1.69. The molecule has 2 heteroatoms. The molecule has 0 unspecified atom stereocenters. The van der Waals surface area contributed by atoms with Crippen LogP contribution in [0.25, 0.3) is 0 Å². The fraction of sp³-hybridized carbons (Fsp3) is 0.294. The van der Waals surface area contributed by atoms with Crippen LogP contribution >= 0.6 is 0 Å². The lowest BCUT2D eigenvalue weighted by molar-refractivity contribution is 0.296. The van der Waals surface area contributed by atoms with E-state index in [0.29, 0.717) is 6.61 Å². The molecule has 2 nitrogen and oxygen atoms in total. The first-order chi connectivity index (χ1) is 9.08. The molecule has 0 aromatic heterocycles. The summed E-state index contributed by atoms with van der Waals surface area (Å²) in [5, 5.41) is 0. The van der Waals surface area contributed by atoms with E-state index in [1.165, 1.54) is 16.7 Å². The maximum Gasteiger partial charge on any atom is 0.125 e. The third-order valence-corrected chi connectivity index (χ3v) is 3.03. The zero-order valence-corrected chi connectivity index (χ0v) is 12.0. The molecule has 2 aromatic rings. The van der Waals surface area contributed by atoms with Gasteiger partial charge in [-0.1, -0.05) is 17.7 Å².